The maximum Gasteiger partial charge on any atom is 0.216 e. The molecular formula is C18H16N4O. The summed E-state index contributed by atoms with van der Waals surface area (Å²) in [4.78, 5) is 0. The van der Waals surface area contributed by atoms with Gasteiger partial charge in [-0.3, -0.25) is 0 Å². The lowest BCUT2D eigenvalue weighted by Crippen LogP contribution is -1.97. The first-order chi connectivity index (χ1) is 11.1. The molecule has 0 unspecified atom stereocenters. The zero-order valence-electron chi connectivity index (χ0n) is 13.2. The number of rotatable bonds is 3. The monoisotopic (exact) mass is 304 g/mol. The lowest BCUT2D eigenvalue weighted by atomic mass is 10.1. The number of anilines is 2. The molecule has 0 saturated heterocycles. The minimum Gasteiger partial charge on any atom is -0.444 e. The van der Waals surface area contributed by atoms with Gasteiger partial charge in [-0.05, 0) is 32.9 Å². The summed E-state index contributed by atoms with van der Waals surface area (Å²) in [7, 11) is 0. The Labute approximate surface area is 134 Å². The number of furan rings is 1. The second kappa shape index (κ2) is 5.93. The van der Waals surface area contributed by atoms with Crippen LogP contribution >= 0.6 is 0 Å². The molecule has 5 nitrogen and oxygen atoms in total. The van der Waals surface area contributed by atoms with E-state index in [0.717, 1.165) is 16.8 Å². The molecule has 1 N–H and O–H groups in total. The van der Waals surface area contributed by atoms with E-state index in [2.05, 4.69) is 21.6 Å². The van der Waals surface area contributed by atoms with Crippen LogP contribution in [0.4, 0.5) is 11.7 Å². The number of nitrogens with zero attached hydrogens (tertiary/aromatic N) is 3. The minimum absolute atomic E-state index is 0.403. The lowest BCUT2D eigenvalue weighted by Gasteiger charge is -2.04. The van der Waals surface area contributed by atoms with Crippen LogP contribution in [-0.2, 0) is 0 Å². The highest BCUT2D eigenvalue weighted by atomic mass is 16.4. The first-order valence-electron chi connectivity index (χ1n) is 7.26. The van der Waals surface area contributed by atoms with Gasteiger partial charge in [-0.15, -0.1) is 10.2 Å². The molecule has 0 spiro atoms. The number of nitriles is 1. The fourth-order valence-corrected chi connectivity index (χ4v) is 2.24. The molecule has 0 bridgehead atoms. The number of hydrogen-bond donors (Lipinski definition) is 1. The molecule has 0 aliphatic rings. The molecule has 23 heavy (non-hydrogen) atoms. The molecule has 3 rings (SSSR count). The van der Waals surface area contributed by atoms with E-state index >= 15 is 0 Å². The Morgan fingerprint density at radius 2 is 1.74 bits per heavy atom. The Morgan fingerprint density at radius 1 is 1.00 bits per heavy atom. The Bertz CT molecular complexity index is 871. The van der Waals surface area contributed by atoms with Gasteiger partial charge in [0, 0.05) is 11.1 Å². The first-order valence-corrected chi connectivity index (χ1v) is 7.26. The summed E-state index contributed by atoms with van der Waals surface area (Å²) in [5.74, 6) is 1.65. The molecule has 0 saturated carbocycles. The molecule has 2 heterocycles. The van der Waals surface area contributed by atoms with Crippen molar-refractivity contribution in [2.45, 2.75) is 20.8 Å². The summed E-state index contributed by atoms with van der Waals surface area (Å²) in [6, 6.07) is 13.9. The number of hydrogen-bond acceptors (Lipinski definition) is 5. The van der Waals surface area contributed by atoms with Crippen LogP contribution in [0.3, 0.4) is 0 Å². The Morgan fingerprint density at radius 3 is 2.35 bits per heavy atom. The van der Waals surface area contributed by atoms with E-state index in [0.29, 0.717) is 23.0 Å². The first kappa shape index (κ1) is 14.8. The van der Waals surface area contributed by atoms with Crippen LogP contribution in [0.25, 0.3) is 11.3 Å². The van der Waals surface area contributed by atoms with Crippen LogP contribution < -0.4 is 5.32 Å². The summed E-state index contributed by atoms with van der Waals surface area (Å²) in [6.45, 7) is 5.73. The molecule has 0 radical (unpaired) electrons. The topological polar surface area (TPSA) is 74.7 Å². The lowest BCUT2D eigenvalue weighted by molar-refractivity contribution is 0.547. The summed E-state index contributed by atoms with van der Waals surface area (Å²) in [6.07, 6.45) is 0. The summed E-state index contributed by atoms with van der Waals surface area (Å²) >= 11 is 0. The maximum absolute atomic E-state index is 9.22. The molecule has 1 aromatic carbocycles. The van der Waals surface area contributed by atoms with Crippen molar-refractivity contribution >= 4 is 11.7 Å². The predicted octanol–water partition coefficient (Wildman–Crippen LogP) is 4.28. The SMILES string of the molecule is Cc1ccc(-c2ccc(Nc3oc(C)c(C)c3C#N)nn2)cc1. The van der Waals surface area contributed by atoms with Crippen molar-refractivity contribution in [2.24, 2.45) is 0 Å². The van der Waals surface area contributed by atoms with E-state index < -0.39 is 0 Å². The molecule has 0 aliphatic heterocycles. The summed E-state index contributed by atoms with van der Waals surface area (Å²) < 4.78 is 5.57. The molecular weight excluding hydrogens is 288 g/mol. The van der Waals surface area contributed by atoms with E-state index in [9.17, 15) is 5.26 Å². The highest BCUT2D eigenvalue weighted by Gasteiger charge is 2.15. The highest BCUT2D eigenvalue weighted by molar-refractivity contribution is 5.64. The zero-order valence-corrected chi connectivity index (χ0v) is 13.2. The Balaban J connectivity index is 1.85. The third-order valence-electron chi connectivity index (χ3n) is 3.75. The van der Waals surface area contributed by atoms with Crippen molar-refractivity contribution in [2.75, 3.05) is 5.32 Å². The van der Waals surface area contributed by atoms with Gasteiger partial charge in [-0.2, -0.15) is 5.26 Å². The molecule has 0 aliphatic carbocycles. The number of aromatic nitrogens is 2. The molecule has 0 atom stereocenters. The Kier molecular flexibility index (Phi) is 3.82. The number of nitrogens with one attached hydrogen (secondary N) is 1. The van der Waals surface area contributed by atoms with Gasteiger partial charge in [0.05, 0.1) is 5.69 Å². The highest BCUT2D eigenvalue weighted by Crippen LogP contribution is 2.28. The predicted molar refractivity (Wildman–Crippen MR) is 88.4 cm³/mol. The van der Waals surface area contributed by atoms with Gasteiger partial charge in [0.25, 0.3) is 0 Å². The van der Waals surface area contributed by atoms with E-state index in [1.807, 2.05) is 57.2 Å². The zero-order chi connectivity index (χ0) is 16.4. The van der Waals surface area contributed by atoms with Crippen molar-refractivity contribution in [1.29, 1.82) is 5.26 Å². The van der Waals surface area contributed by atoms with Crippen molar-refractivity contribution in [3.8, 4) is 17.3 Å². The molecule has 0 fully saturated rings. The fraction of sp³-hybridized carbons (Fsp3) is 0.167. The largest absolute Gasteiger partial charge is 0.444 e. The van der Waals surface area contributed by atoms with Crippen LogP contribution in [0.15, 0.2) is 40.8 Å². The quantitative estimate of drug-likeness (QED) is 0.781. The van der Waals surface area contributed by atoms with Crippen LogP contribution in [0.1, 0.15) is 22.5 Å². The molecule has 0 amide bonds. The molecule has 5 heteroatoms. The van der Waals surface area contributed by atoms with Gasteiger partial charge in [-0.25, -0.2) is 0 Å². The fourth-order valence-electron chi connectivity index (χ4n) is 2.24. The minimum atomic E-state index is 0.403. The maximum atomic E-state index is 9.22. The van der Waals surface area contributed by atoms with Crippen molar-refractivity contribution in [3.63, 3.8) is 0 Å². The second-order valence-corrected chi connectivity index (χ2v) is 5.39. The molecule has 2 aromatic heterocycles. The van der Waals surface area contributed by atoms with Crippen molar-refractivity contribution in [1.82, 2.24) is 10.2 Å². The van der Waals surface area contributed by atoms with Crippen molar-refractivity contribution < 1.29 is 4.42 Å². The smallest absolute Gasteiger partial charge is 0.216 e. The van der Waals surface area contributed by atoms with Gasteiger partial charge in [0.15, 0.2) is 5.82 Å². The van der Waals surface area contributed by atoms with E-state index in [1.165, 1.54) is 5.56 Å². The van der Waals surface area contributed by atoms with Crippen LogP contribution in [0, 0.1) is 32.1 Å². The normalized spacial score (nSPS) is 10.3. The summed E-state index contributed by atoms with van der Waals surface area (Å²) in [5, 5.41) is 20.6. The molecule has 114 valence electrons. The molecule has 3 aromatic rings. The van der Waals surface area contributed by atoms with Gasteiger partial charge < -0.3 is 9.73 Å². The van der Waals surface area contributed by atoms with E-state index in [-0.39, 0.29) is 0 Å². The third-order valence-corrected chi connectivity index (χ3v) is 3.75. The average Bonchev–Trinajstić information content (AvgIpc) is 2.83. The summed E-state index contributed by atoms with van der Waals surface area (Å²) in [5.41, 5.74) is 4.33. The van der Waals surface area contributed by atoms with E-state index in [4.69, 9.17) is 4.42 Å². The average molecular weight is 304 g/mol. The van der Waals surface area contributed by atoms with Crippen LogP contribution in [-0.4, -0.2) is 10.2 Å². The van der Waals surface area contributed by atoms with Crippen molar-refractivity contribution in [3.05, 3.63) is 58.8 Å². The van der Waals surface area contributed by atoms with Gasteiger partial charge >= 0.3 is 0 Å². The number of aryl methyl sites for hydroxylation is 2. The van der Waals surface area contributed by atoms with Crippen LogP contribution in [0.5, 0.6) is 0 Å². The standard InChI is InChI=1S/C18H16N4O/c1-11-4-6-14(7-5-11)16-8-9-17(22-21-16)20-18-15(10-19)12(2)13(3)23-18/h4-9H,1-3H3,(H,20,22). The third kappa shape index (κ3) is 2.92. The number of benzene rings is 1. The second-order valence-electron chi connectivity index (χ2n) is 5.39. The Hall–Kier alpha value is -3.13. The van der Waals surface area contributed by atoms with Gasteiger partial charge in [0.2, 0.25) is 5.88 Å². The van der Waals surface area contributed by atoms with Gasteiger partial charge in [0.1, 0.15) is 17.4 Å². The van der Waals surface area contributed by atoms with Crippen LogP contribution in [0.2, 0.25) is 0 Å². The van der Waals surface area contributed by atoms with Gasteiger partial charge in [-0.1, -0.05) is 29.8 Å². The van der Waals surface area contributed by atoms with E-state index in [1.54, 1.807) is 0 Å².